The molecule has 0 N–H and O–H groups in total. The molecule has 0 radical (unpaired) electrons. The minimum absolute atomic E-state index is 0.0410. The van der Waals surface area contributed by atoms with Crippen LogP contribution in [0.5, 0.6) is 5.75 Å². The minimum atomic E-state index is -1.15. The summed E-state index contributed by atoms with van der Waals surface area (Å²) in [5.74, 6) is 0.0857. The fraction of sp³-hybridized carbons (Fsp3) is 0.273. The summed E-state index contributed by atoms with van der Waals surface area (Å²) in [6, 6.07) is 16.3. The standard InChI is InChI=1S/C22H21NO5/c1-21(2,3)28-20(25)23-15-12-8-9-13-16(15)26-18-17(23)19(24)27-22(18,4)14-10-6-5-7-11-14/h5-13H,1-4H3. The number of hydrogen-bond acceptors (Lipinski definition) is 5. The van der Waals surface area contributed by atoms with Crippen molar-refractivity contribution in [3.8, 4) is 5.75 Å². The summed E-state index contributed by atoms with van der Waals surface area (Å²) in [5, 5.41) is 0. The Morgan fingerprint density at radius 1 is 1.04 bits per heavy atom. The molecule has 0 saturated heterocycles. The summed E-state index contributed by atoms with van der Waals surface area (Å²) in [6.07, 6.45) is -0.662. The Bertz CT molecular complexity index is 989. The molecule has 2 aliphatic heterocycles. The minimum Gasteiger partial charge on any atom is -0.452 e. The van der Waals surface area contributed by atoms with Crippen LogP contribution in [0, 0.1) is 0 Å². The molecule has 2 heterocycles. The average molecular weight is 379 g/mol. The summed E-state index contributed by atoms with van der Waals surface area (Å²) < 4.78 is 17.4. The monoisotopic (exact) mass is 379 g/mol. The molecule has 0 fully saturated rings. The zero-order valence-corrected chi connectivity index (χ0v) is 16.2. The van der Waals surface area contributed by atoms with Crippen LogP contribution < -0.4 is 9.64 Å². The topological polar surface area (TPSA) is 65.1 Å². The van der Waals surface area contributed by atoms with Gasteiger partial charge in [0, 0.05) is 5.56 Å². The lowest BCUT2D eigenvalue weighted by atomic mass is 9.93. The number of carbonyl (C=O) groups excluding carboxylic acids is 2. The van der Waals surface area contributed by atoms with Gasteiger partial charge in [-0.2, -0.15) is 0 Å². The predicted octanol–water partition coefficient (Wildman–Crippen LogP) is 4.50. The van der Waals surface area contributed by atoms with Gasteiger partial charge in [0.15, 0.2) is 22.8 Å². The van der Waals surface area contributed by atoms with Crippen molar-refractivity contribution in [3.63, 3.8) is 0 Å². The molecular formula is C22H21NO5. The highest BCUT2D eigenvalue weighted by molar-refractivity contribution is 6.08. The molecule has 6 heteroatoms. The van der Waals surface area contributed by atoms with Crippen molar-refractivity contribution >= 4 is 17.7 Å². The zero-order valence-electron chi connectivity index (χ0n) is 16.2. The van der Waals surface area contributed by atoms with E-state index in [0.29, 0.717) is 11.4 Å². The Kier molecular flexibility index (Phi) is 3.96. The summed E-state index contributed by atoms with van der Waals surface area (Å²) in [5.41, 5.74) is -0.654. The van der Waals surface area contributed by atoms with Gasteiger partial charge < -0.3 is 14.2 Å². The molecule has 2 aliphatic rings. The lowest BCUT2D eigenvalue weighted by Crippen LogP contribution is -2.40. The third-order valence-electron chi connectivity index (χ3n) is 4.58. The number of hydrogen-bond donors (Lipinski definition) is 0. The largest absolute Gasteiger partial charge is 0.452 e. The first kappa shape index (κ1) is 18.1. The lowest BCUT2D eigenvalue weighted by molar-refractivity contribution is -0.147. The number of cyclic esters (lactones) is 1. The van der Waals surface area contributed by atoms with Gasteiger partial charge >= 0.3 is 12.1 Å². The predicted molar refractivity (Wildman–Crippen MR) is 103 cm³/mol. The molecular weight excluding hydrogens is 358 g/mol. The summed E-state index contributed by atoms with van der Waals surface area (Å²) in [7, 11) is 0. The maximum atomic E-state index is 13.0. The Hall–Kier alpha value is -3.28. The third kappa shape index (κ3) is 2.81. The van der Waals surface area contributed by atoms with Crippen LogP contribution in [-0.4, -0.2) is 17.7 Å². The second kappa shape index (κ2) is 6.12. The maximum Gasteiger partial charge on any atom is 0.419 e. The van der Waals surface area contributed by atoms with E-state index in [1.54, 1.807) is 52.0 Å². The van der Waals surface area contributed by atoms with Crippen molar-refractivity contribution in [2.45, 2.75) is 38.9 Å². The van der Waals surface area contributed by atoms with Crippen molar-refractivity contribution in [2.24, 2.45) is 0 Å². The van der Waals surface area contributed by atoms with E-state index in [0.717, 1.165) is 5.56 Å². The van der Waals surface area contributed by atoms with Gasteiger partial charge in [0.05, 0.1) is 5.69 Å². The number of anilines is 1. The first-order valence-electron chi connectivity index (χ1n) is 9.04. The Balaban J connectivity index is 1.89. The molecule has 2 aromatic rings. The second-order valence-corrected chi connectivity index (χ2v) is 7.85. The summed E-state index contributed by atoms with van der Waals surface area (Å²) >= 11 is 0. The van der Waals surface area contributed by atoms with Crippen LogP contribution in [-0.2, 0) is 19.9 Å². The third-order valence-corrected chi connectivity index (χ3v) is 4.58. The molecule has 1 amide bonds. The summed E-state index contributed by atoms with van der Waals surface area (Å²) in [4.78, 5) is 27.1. The van der Waals surface area contributed by atoms with Crippen molar-refractivity contribution in [2.75, 3.05) is 4.90 Å². The molecule has 0 bridgehead atoms. The smallest absolute Gasteiger partial charge is 0.419 e. The van der Waals surface area contributed by atoms with Gasteiger partial charge in [-0.05, 0) is 39.8 Å². The Labute approximate surface area is 163 Å². The molecule has 0 spiro atoms. The quantitative estimate of drug-likeness (QED) is 0.683. The Morgan fingerprint density at radius 2 is 1.68 bits per heavy atom. The van der Waals surface area contributed by atoms with Gasteiger partial charge in [0.1, 0.15) is 5.60 Å². The number of carbonyl (C=O) groups is 2. The highest BCUT2D eigenvalue weighted by atomic mass is 16.6. The van der Waals surface area contributed by atoms with Crippen LogP contribution in [0.25, 0.3) is 0 Å². The van der Waals surface area contributed by atoms with Gasteiger partial charge in [-0.25, -0.2) is 14.5 Å². The molecule has 1 atom stereocenters. The SMILES string of the molecule is CC(C)(C)OC(=O)N1C2=C(Oc3ccccc31)C(C)(c1ccccc1)OC2=O. The molecule has 6 nitrogen and oxygen atoms in total. The number of rotatable bonds is 1. The number of fused-ring (bicyclic) bond motifs is 1. The van der Waals surface area contributed by atoms with Crippen molar-refractivity contribution < 1.29 is 23.8 Å². The number of para-hydroxylation sites is 2. The van der Waals surface area contributed by atoms with Gasteiger partial charge in [0.25, 0.3) is 0 Å². The molecule has 144 valence electrons. The van der Waals surface area contributed by atoms with Crippen LogP contribution in [0.15, 0.2) is 66.1 Å². The van der Waals surface area contributed by atoms with Crippen LogP contribution in [0.2, 0.25) is 0 Å². The first-order valence-corrected chi connectivity index (χ1v) is 9.04. The molecule has 1 unspecified atom stereocenters. The number of ether oxygens (including phenoxy) is 3. The van der Waals surface area contributed by atoms with Gasteiger partial charge in [0.2, 0.25) is 0 Å². The Morgan fingerprint density at radius 3 is 2.36 bits per heavy atom. The van der Waals surface area contributed by atoms with Gasteiger partial charge in [-0.3, -0.25) is 0 Å². The number of benzene rings is 2. The van der Waals surface area contributed by atoms with Crippen LogP contribution >= 0.6 is 0 Å². The van der Waals surface area contributed by atoms with Gasteiger partial charge in [-0.15, -0.1) is 0 Å². The van der Waals surface area contributed by atoms with Gasteiger partial charge in [-0.1, -0.05) is 42.5 Å². The fourth-order valence-corrected chi connectivity index (χ4v) is 3.34. The van der Waals surface area contributed by atoms with E-state index < -0.39 is 23.3 Å². The normalized spacial score (nSPS) is 20.9. The first-order chi connectivity index (χ1) is 13.2. The molecule has 2 aromatic carbocycles. The number of nitrogens with zero attached hydrogens (tertiary/aromatic N) is 1. The molecule has 4 rings (SSSR count). The number of amides is 1. The van der Waals surface area contributed by atoms with E-state index in [-0.39, 0.29) is 11.5 Å². The van der Waals surface area contributed by atoms with E-state index in [4.69, 9.17) is 14.2 Å². The summed E-state index contributed by atoms with van der Waals surface area (Å²) in [6.45, 7) is 7.07. The highest BCUT2D eigenvalue weighted by Gasteiger charge is 2.54. The van der Waals surface area contributed by atoms with E-state index in [9.17, 15) is 9.59 Å². The number of esters is 1. The fourth-order valence-electron chi connectivity index (χ4n) is 3.34. The average Bonchev–Trinajstić information content (AvgIpc) is 2.90. The molecule has 0 aromatic heterocycles. The maximum absolute atomic E-state index is 13.0. The van der Waals surface area contributed by atoms with E-state index >= 15 is 0 Å². The molecule has 0 aliphatic carbocycles. The van der Waals surface area contributed by atoms with Crippen LogP contribution in [0.4, 0.5) is 10.5 Å². The lowest BCUT2D eigenvalue weighted by Gasteiger charge is -2.33. The van der Waals surface area contributed by atoms with Crippen molar-refractivity contribution in [1.29, 1.82) is 0 Å². The second-order valence-electron chi connectivity index (χ2n) is 7.85. The van der Waals surface area contributed by atoms with Crippen molar-refractivity contribution in [3.05, 3.63) is 71.6 Å². The molecule has 0 saturated carbocycles. The van der Waals surface area contributed by atoms with Crippen molar-refractivity contribution in [1.82, 2.24) is 0 Å². The zero-order chi connectivity index (χ0) is 20.1. The van der Waals surface area contributed by atoms with Crippen LogP contribution in [0.3, 0.4) is 0 Å². The van der Waals surface area contributed by atoms with E-state index in [2.05, 4.69) is 0 Å². The van der Waals surface area contributed by atoms with E-state index in [1.165, 1.54) is 4.90 Å². The highest BCUT2D eigenvalue weighted by Crippen LogP contribution is 2.49. The van der Waals surface area contributed by atoms with Crippen LogP contribution in [0.1, 0.15) is 33.3 Å². The molecule has 28 heavy (non-hydrogen) atoms. The van der Waals surface area contributed by atoms with E-state index in [1.807, 2.05) is 30.3 Å².